The quantitative estimate of drug-likeness (QED) is 0.857. The smallest absolute Gasteiger partial charge is 0.257 e. The van der Waals surface area contributed by atoms with Crippen molar-refractivity contribution in [1.82, 2.24) is 19.7 Å². The van der Waals surface area contributed by atoms with E-state index >= 15 is 0 Å². The molecule has 0 N–H and O–H groups in total. The van der Waals surface area contributed by atoms with Crippen LogP contribution in [0, 0.1) is 12.8 Å². The number of hydrogen-bond acceptors (Lipinski definition) is 3. The first kappa shape index (κ1) is 14.4. The molecule has 2 aliphatic heterocycles. The summed E-state index contributed by atoms with van der Waals surface area (Å²) in [7, 11) is 0. The third-order valence-corrected chi connectivity index (χ3v) is 5.31. The maximum absolute atomic E-state index is 13.1. The Morgan fingerprint density at radius 1 is 1.22 bits per heavy atom. The Hall–Kier alpha value is -2.17. The van der Waals surface area contributed by atoms with Crippen LogP contribution in [0.3, 0.4) is 0 Å². The lowest BCUT2D eigenvalue weighted by Crippen LogP contribution is -2.46. The Labute approximate surface area is 136 Å². The second kappa shape index (κ2) is 5.48. The molecular formula is C18H22N4O. The van der Waals surface area contributed by atoms with Gasteiger partial charge in [-0.15, -0.1) is 0 Å². The largest absolute Gasteiger partial charge is 0.333 e. The van der Waals surface area contributed by atoms with Crippen LogP contribution in [0.5, 0.6) is 0 Å². The summed E-state index contributed by atoms with van der Waals surface area (Å²) in [5, 5.41) is 4.39. The van der Waals surface area contributed by atoms with Gasteiger partial charge >= 0.3 is 0 Å². The van der Waals surface area contributed by atoms with Crippen molar-refractivity contribution in [2.45, 2.75) is 51.6 Å². The van der Waals surface area contributed by atoms with Crippen molar-refractivity contribution in [2.75, 3.05) is 0 Å². The van der Waals surface area contributed by atoms with Crippen LogP contribution in [0.25, 0.3) is 5.82 Å². The summed E-state index contributed by atoms with van der Waals surface area (Å²) in [4.78, 5) is 19.5. The first-order valence-corrected chi connectivity index (χ1v) is 8.44. The Morgan fingerprint density at radius 3 is 2.61 bits per heavy atom. The van der Waals surface area contributed by atoms with E-state index in [-0.39, 0.29) is 5.91 Å². The van der Waals surface area contributed by atoms with Gasteiger partial charge in [-0.2, -0.15) is 5.10 Å². The highest BCUT2D eigenvalue weighted by atomic mass is 16.2. The summed E-state index contributed by atoms with van der Waals surface area (Å²) in [5.41, 5.74) is 1.58. The maximum atomic E-state index is 13.1. The van der Waals surface area contributed by atoms with Crippen molar-refractivity contribution < 1.29 is 4.79 Å². The molecule has 0 radical (unpaired) electrons. The molecule has 2 bridgehead atoms. The molecule has 0 spiro atoms. The van der Waals surface area contributed by atoms with Crippen LogP contribution in [0.1, 0.15) is 48.7 Å². The average Bonchev–Trinajstić information content (AvgIpc) is 3.06. The first-order chi connectivity index (χ1) is 11.1. The molecule has 4 rings (SSSR count). The van der Waals surface area contributed by atoms with Crippen LogP contribution in [-0.4, -0.2) is 37.7 Å². The first-order valence-electron chi connectivity index (χ1n) is 8.44. The summed E-state index contributed by atoms with van der Waals surface area (Å²) in [5.74, 6) is 1.62. The standard InChI is InChI=1S/C18H22N4O/c1-12-9-14-6-7-15(10-12)21(14)18(23)16-11-20-22(13(16)2)17-5-3-4-8-19-17/h3-5,8,11-12,14-15H,6-7,9-10H2,1-2H3. The molecule has 1 amide bonds. The summed E-state index contributed by atoms with van der Waals surface area (Å²) >= 11 is 0. The minimum absolute atomic E-state index is 0.143. The van der Waals surface area contributed by atoms with Crippen LogP contribution >= 0.6 is 0 Å². The normalized spacial score (nSPS) is 26.5. The van der Waals surface area contributed by atoms with E-state index in [0.29, 0.717) is 17.6 Å². The van der Waals surface area contributed by atoms with Crippen molar-refractivity contribution >= 4 is 5.91 Å². The van der Waals surface area contributed by atoms with Gasteiger partial charge in [-0.25, -0.2) is 9.67 Å². The predicted octanol–water partition coefficient (Wildman–Crippen LogP) is 2.98. The van der Waals surface area contributed by atoms with Gasteiger partial charge in [-0.3, -0.25) is 4.79 Å². The van der Waals surface area contributed by atoms with Crippen LogP contribution in [0.4, 0.5) is 0 Å². The number of carbonyl (C=O) groups excluding carboxylic acids is 1. The molecule has 2 atom stereocenters. The molecule has 23 heavy (non-hydrogen) atoms. The Kier molecular flexibility index (Phi) is 3.43. The molecule has 4 heterocycles. The van der Waals surface area contributed by atoms with Crippen molar-refractivity contribution in [3.8, 4) is 5.82 Å². The number of pyridine rings is 1. The topological polar surface area (TPSA) is 51.0 Å². The molecule has 2 aliphatic rings. The zero-order chi connectivity index (χ0) is 16.0. The van der Waals surface area contributed by atoms with Crippen LogP contribution < -0.4 is 0 Å². The van der Waals surface area contributed by atoms with E-state index < -0.39 is 0 Å². The Balaban J connectivity index is 1.64. The third kappa shape index (κ3) is 2.35. The second-order valence-electron chi connectivity index (χ2n) is 6.92. The number of fused-ring (bicyclic) bond motifs is 2. The Morgan fingerprint density at radius 2 is 1.96 bits per heavy atom. The number of carbonyl (C=O) groups is 1. The van der Waals surface area contributed by atoms with Crippen molar-refractivity contribution in [2.24, 2.45) is 5.92 Å². The molecular weight excluding hydrogens is 288 g/mol. The maximum Gasteiger partial charge on any atom is 0.257 e. The molecule has 0 saturated carbocycles. The molecule has 2 saturated heterocycles. The van der Waals surface area contributed by atoms with E-state index in [0.717, 1.165) is 43.1 Å². The second-order valence-corrected chi connectivity index (χ2v) is 6.92. The van der Waals surface area contributed by atoms with Crippen LogP contribution in [-0.2, 0) is 0 Å². The summed E-state index contributed by atoms with van der Waals surface area (Å²) in [6.07, 6.45) is 8.00. The monoisotopic (exact) mass is 310 g/mol. The van der Waals surface area contributed by atoms with Gasteiger partial charge in [0.05, 0.1) is 17.5 Å². The average molecular weight is 310 g/mol. The molecule has 2 aromatic heterocycles. The molecule has 0 aliphatic carbocycles. The number of nitrogens with zero attached hydrogens (tertiary/aromatic N) is 4. The van der Waals surface area contributed by atoms with Gasteiger partial charge in [0.2, 0.25) is 0 Å². The fraction of sp³-hybridized carbons (Fsp3) is 0.500. The number of piperidine rings is 1. The molecule has 5 heteroatoms. The minimum atomic E-state index is 0.143. The Bertz CT molecular complexity index is 710. The van der Waals surface area contributed by atoms with Crippen LogP contribution in [0.2, 0.25) is 0 Å². The van der Waals surface area contributed by atoms with Gasteiger partial charge < -0.3 is 4.90 Å². The zero-order valence-electron chi connectivity index (χ0n) is 13.6. The van der Waals surface area contributed by atoms with E-state index in [1.807, 2.05) is 25.1 Å². The number of hydrogen-bond donors (Lipinski definition) is 0. The van der Waals surface area contributed by atoms with Gasteiger partial charge in [0, 0.05) is 18.3 Å². The number of aromatic nitrogens is 3. The zero-order valence-corrected chi connectivity index (χ0v) is 13.6. The third-order valence-electron chi connectivity index (χ3n) is 5.31. The molecule has 2 fully saturated rings. The van der Waals surface area contributed by atoms with E-state index in [4.69, 9.17) is 0 Å². The molecule has 120 valence electrons. The van der Waals surface area contributed by atoms with Gasteiger partial charge in [-0.05, 0) is 50.7 Å². The lowest BCUT2D eigenvalue weighted by molar-refractivity contribution is 0.0537. The van der Waals surface area contributed by atoms with E-state index in [2.05, 4.69) is 21.9 Å². The van der Waals surface area contributed by atoms with Crippen molar-refractivity contribution in [3.05, 3.63) is 41.9 Å². The SMILES string of the molecule is Cc1c(C(=O)N2C3CCC2CC(C)C3)cnn1-c1ccccn1. The fourth-order valence-electron chi connectivity index (χ4n) is 4.25. The number of amides is 1. The molecule has 0 aromatic carbocycles. The lowest BCUT2D eigenvalue weighted by atomic mass is 9.92. The van der Waals surface area contributed by atoms with Gasteiger partial charge in [0.25, 0.3) is 5.91 Å². The van der Waals surface area contributed by atoms with Crippen molar-refractivity contribution in [3.63, 3.8) is 0 Å². The van der Waals surface area contributed by atoms with Gasteiger partial charge in [0.15, 0.2) is 5.82 Å². The summed E-state index contributed by atoms with van der Waals surface area (Å²) in [6.45, 7) is 4.25. The molecule has 2 unspecified atom stereocenters. The highest BCUT2D eigenvalue weighted by Crippen LogP contribution is 2.39. The summed E-state index contributed by atoms with van der Waals surface area (Å²) < 4.78 is 1.75. The molecule has 2 aromatic rings. The van der Waals surface area contributed by atoms with E-state index in [1.54, 1.807) is 17.1 Å². The highest BCUT2D eigenvalue weighted by Gasteiger charge is 2.42. The van der Waals surface area contributed by atoms with Gasteiger partial charge in [0.1, 0.15) is 0 Å². The van der Waals surface area contributed by atoms with Crippen LogP contribution in [0.15, 0.2) is 30.6 Å². The highest BCUT2D eigenvalue weighted by molar-refractivity contribution is 5.96. The summed E-state index contributed by atoms with van der Waals surface area (Å²) in [6, 6.07) is 6.53. The number of rotatable bonds is 2. The van der Waals surface area contributed by atoms with Crippen molar-refractivity contribution in [1.29, 1.82) is 0 Å². The van der Waals surface area contributed by atoms with Gasteiger partial charge in [-0.1, -0.05) is 13.0 Å². The fourth-order valence-corrected chi connectivity index (χ4v) is 4.25. The van der Waals surface area contributed by atoms with E-state index in [1.165, 1.54) is 0 Å². The lowest BCUT2D eigenvalue weighted by Gasteiger charge is -2.37. The van der Waals surface area contributed by atoms with E-state index in [9.17, 15) is 4.79 Å². The predicted molar refractivity (Wildman–Crippen MR) is 87.5 cm³/mol. The minimum Gasteiger partial charge on any atom is -0.333 e. The molecule has 5 nitrogen and oxygen atoms in total.